The number of nitrogens with zero attached hydrogens (tertiary/aromatic N) is 2. The summed E-state index contributed by atoms with van der Waals surface area (Å²) < 4.78 is 0. The molecule has 2 aromatic heterocycles. The van der Waals surface area contributed by atoms with Gasteiger partial charge in [-0.1, -0.05) is 13.8 Å². The molecule has 0 saturated heterocycles. The molecule has 0 bridgehead atoms. The number of aromatic nitrogens is 2. The first-order valence-corrected chi connectivity index (χ1v) is 8.87. The standard InChI is InChI=1S/C17H27N3O2S/c1-10(2)13-7-12-15(21)18-14(19-16(12)23-13)8-20(11(3)4)9-17(5,6)22/h7,10-11,22H,8-9H2,1-6H3,(H,18,19,21). The second kappa shape index (κ2) is 6.71. The average Bonchev–Trinajstić information content (AvgIpc) is 2.81. The molecule has 5 nitrogen and oxygen atoms in total. The van der Waals surface area contributed by atoms with Crippen LogP contribution in [0.2, 0.25) is 0 Å². The SMILES string of the molecule is CC(C)c1cc2c(=O)[nH]c(CN(CC(C)(C)O)C(C)C)nc2s1. The van der Waals surface area contributed by atoms with Crippen molar-refractivity contribution in [3.63, 3.8) is 0 Å². The van der Waals surface area contributed by atoms with Crippen molar-refractivity contribution >= 4 is 21.6 Å². The maximum absolute atomic E-state index is 12.3. The molecule has 0 saturated carbocycles. The van der Waals surface area contributed by atoms with E-state index >= 15 is 0 Å². The number of thiophene rings is 1. The van der Waals surface area contributed by atoms with E-state index in [9.17, 15) is 9.90 Å². The van der Waals surface area contributed by atoms with Crippen molar-refractivity contribution in [1.29, 1.82) is 0 Å². The molecule has 128 valence electrons. The van der Waals surface area contributed by atoms with E-state index in [1.165, 1.54) is 4.88 Å². The summed E-state index contributed by atoms with van der Waals surface area (Å²) in [5.41, 5.74) is -0.873. The molecule has 0 atom stereocenters. The summed E-state index contributed by atoms with van der Waals surface area (Å²) in [6, 6.07) is 2.19. The Labute approximate surface area is 141 Å². The molecule has 2 N–H and O–H groups in total. The molecule has 0 unspecified atom stereocenters. The van der Waals surface area contributed by atoms with Gasteiger partial charge in [-0.05, 0) is 39.7 Å². The van der Waals surface area contributed by atoms with Crippen LogP contribution in [0.4, 0.5) is 0 Å². The third kappa shape index (κ3) is 4.62. The molecule has 2 rings (SSSR count). The fraction of sp³-hybridized carbons (Fsp3) is 0.647. The molecule has 0 aromatic carbocycles. The normalized spacial score (nSPS) is 13.0. The zero-order valence-electron chi connectivity index (χ0n) is 14.8. The van der Waals surface area contributed by atoms with Crippen molar-refractivity contribution < 1.29 is 5.11 Å². The van der Waals surface area contributed by atoms with Gasteiger partial charge in [0.25, 0.3) is 5.56 Å². The molecule has 0 aliphatic rings. The monoisotopic (exact) mass is 337 g/mol. The minimum absolute atomic E-state index is 0.0832. The van der Waals surface area contributed by atoms with Crippen molar-refractivity contribution in [1.82, 2.24) is 14.9 Å². The Hall–Kier alpha value is -1.24. The summed E-state index contributed by atoms with van der Waals surface area (Å²) in [6.45, 7) is 13.0. The van der Waals surface area contributed by atoms with Gasteiger partial charge < -0.3 is 10.1 Å². The van der Waals surface area contributed by atoms with Gasteiger partial charge in [0.1, 0.15) is 10.7 Å². The maximum Gasteiger partial charge on any atom is 0.259 e. The Morgan fingerprint density at radius 3 is 2.52 bits per heavy atom. The number of aromatic amines is 1. The molecule has 0 aliphatic heterocycles. The molecule has 0 radical (unpaired) electrons. The van der Waals surface area contributed by atoms with Crippen LogP contribution in [-0.2, 0) is 6.54 Å². The topological polar surface area (TPSA) is 69.2 Å². The van der Waals surface area contributed by atoms with Crippen molar-refractivity contribution in [2.45, 2.75) is 65.6 Å². The van der Waals surface area contributed by atoms with Gasteiger partial charge in [0.05, 0.1) is 17.5 Å². The lowest BCUT2D eigenvalue weighted by Crippen LogP contribution is -2.42. The molecular formula is C17H27N3O2S. The van der Waals surface area contributed by atoms with Crippen LogP contribution < -0.4 is 5.56 Å². The largest absolute Gasteiger partial charge is 0.389 e. The zero-order chi connectivity index (χ0) is 17.4. The van der Waals surface area contributed by atoms with Crippen molar-refractivity contribution in [3.8, 4) is 0 Å². The lowest BCUT2D eigenvalue weighted by Gasteiger charge is -2.31. The second-order valence-electron chi connectivity index (χ2n) is 7.35. The number of hydrogen-bond donors (Lipinski definition) is 2. The Balaban J connectivity index is 2.33. The van der Waals surface area contributed by atoms with Crippen molar-refractivity contribution in [3.05, 3.63) is 27.1 Å². The van der Waals surface area contributed by atoms with Crippen LogP contribution in [0, 0.1) is 0 Å². The van der Waals surface area contributed by atoms with E-state index < -0.39 is 5.60 Å². The Morgan fingerprint density at radius 1 is 1.35 bits per heavy atom. The van der Waals surface area contributed by atoms with E-state index in [0.29, 0.717) is 30.2 Å². The van der Waals surface area contributed by atoms with Gasteiger partial charge >= 0.3 is 0 Å². The molecule has 0 aliphatic carbocycles. The summed E-state index contributed by atoms with van der Waals surface area (Å²) in [5, 5.41) is 10.7. The summed E-state index contributed by atoms with van der Waals surface area (Å²) in [4.78, 5) is 23.9. The number of aliphatic hydroxyl groups is 1. The summed E-state index contributed by atoms with van der Waals surface area (Å²) in [7, 11) is 0. The van der Waals surface area contributed by atoms with Gasteiger partial charge in [0, 0.05) is 17.5 Å². The number of hydrogen-bond acceptors (Lipinski definition) is 5. The highest BCUT2D eigenvalue weighted by molar-refractivity contribution is 7.18. The summed E-state index contributed by atoms with van der Waals surface area (Å²) in [5.74, 6) is 1.04. The molecule has 6 heteroatoms. The predicted molar refractivity (Wildman–Crippen MR) is 96.2 cm³/mol. The number of H-pyrrole nitrogens is 1. The molecule has 2 heterocycles. The first kappa shape index (κ1) is 18.1. The fourth-order valence-corrected chi connectivity index (χ4v) is 3.52. The number of nitrogens with one attached hydrogen (secondary N) is 1. The predicted octanol–water partition coefficient (Wildman–Crippen LogP) is 3.09. The van der Waals surface area contributed by atoms with Gasteiger partial charge in [-0.15, -0.1) is 11.3 Å². The Morgan fingerprint density at radius 2 is 2.00 bits per heavy atom. The van der Waals surface area contributed by atoms with Crippen molar-refractivity contribution in [2.75, 3.05) is 6.54 Å². The van der Waals surface area contributed by atoms with Crippen LogP contribution in [0.25, 0.3) is 10.2 Å². The molecule has 0 fully saturated rings. The lowest BCUT2D eigenvalue weighted by atomic mass is 10.1. The molecule has 0 amide bonds. The van der Waals surface area contributed by atoms with Crippen molar-refractivity contribution in [2.24, 2.45) is 0 Å². The minimum atomic E-state index is -0.789. The lowest BCUT2D eigenvalue weighted by molar-refractivity contribution is 0.0216. The highest BCUT2D eigenvalue weighted by atomic mass is 32.1. The molecule has 0 spiro atoms. The highest BCUT2D eigenvalue weighted by Gasteiger charge is 2.22. The zero-order valence-corrected chi connectivity index (χ0v) is 15.6. The molecule has 23 heavy (non-hydrogen) atoms. The van der Waals surface area contributed by atoms with Crippen LogP contribution in [0.1, 0.15) is 58.2 Å². The van der Waals surface area contributed by atoms with Crippen LogP contribution in [0.15, 0.2) is 10.9 Å². The highest BCUT2D eigenvalue weighted by Crippen LogP contribution is 2.27. The van der Waals surface area contributed by atoms with E-state index in [1.54, 1.807) is 25.2 Å². The first-order chi connectivity index (χ1) is 10.6. The Kier molecular flexibility index (Phi) is 5.28. The second-order valence-corrected chi connectivity index (χ2v) is 8.41. The van der Waals surface area contributed by atoms with E-state index in [0.717, 1.165) is 4.83 Å². The first-order valence-electron chi connectivity index (χ1n) is 8.06. The van der Waals surface area contributed by atoms with Crippen LogP contribution >= 0.6 is 11.3 Å². The van der Waals surface area contributed by atoms with E-state index in [4.69, 9.17) is 0 Å². The minimum Gasteiger partial charge on any atom is -0.389 e. The molecular weight excluding hydrogens is 310 g/mol. The average molecular weight is 337 g/mol. The third-order valence-electron chi connectivity index (χ3n) is 3.71. The van der Waals surface area contributed by atoms with E-state index in [1.807, 2.05) is 6.07 Å². The molecule has 2 aromatic rings. The number of fused-ring (bicyclic) bond motifs is 1. The van der Waals surface area contributed by atoms with Crippen LogP contribution in [0.5, 0.6) is 0 Å². The van der Waals surface area contributed by atoms with Gasteiger partial charge in [-0.2, -0.15) is 0 Å². The summed E-state index contributed by atoms with van der Waals surface area (Å²) >= 11 is 1.58. The van der Waals surface area contributed by atoms with Gasteiger partial charge in [-0.3, -0.25) is 9.69 Å². The number of rotatable bonds is 6. The maximum atomic E-state index is 12.3. The van der Waals surface area contributed by atoms with Gasteiger partial charge in [0.15, 0.2) is 0 Å². The van der Waals surface area contributed by atoms with Crippen LogP contribution in [0.3, 0.4) is 0 Å². The quantitative estimate of drug-likeness (QED) is 0.850. The summed E-state index contributed by atoms with van der Waals surface area (Å²) in [6.07, 6.45) is 0. The smallest absolute Gasteiger partial charge is 0.259 e. The van der Waals surface area contributed by atoms with Gasteiger partial charge in [0.2, 0.25) is 0 Å². The van der Waals surface area contributed by atoms with Gasteiger partial charge in [-0.25, -0.2) is 4.98 Å². The fourth-order valence-electron chi connectivity index (χ4n) is 2.46. The van der Waals surface area contributed by atoms with E-state index in [2.05, 4.69) is 42.6 Å². The van der Waals surface area contributed by atoms with Crippen LogP contribution in [-0.4, -0.2) is 38.2 Å². The van der Waals surface area contributed by atoms with E-state index in [-0.39, 0.29) is 11.6 Å². The Bertz CT molecular complexity index is 725. The third-order valence-corrected chi connectivity index (χ3v) is 5.04.